The average Bonchev–Trinajstić information content (AvgIpc) is 3.19. The lowest BCUT2D eigenvalue weighted by Crippen LogP contribution is -2.14. The molecule has 2 aromatic heterocycles. The van der Waals surface area contributed by atoms with E-state index in [0.717, 1.165) is 23.1 Å². The van der Waals surface area contributed by atoms with E-state index in [0.29, 0.717) is 5.75 Å². The van der Waals surface area contributed by atoms with Gasteiger partial charge in [-0.1, -0.05) is 35.5 Å². The Labute approximate surface area is 149 Å². The SMILES string of the molecule is Cc1ccc(NC(=O)CSc2nnc(Cc3cccs3)n2C)cc1. The molecule has 124 valence electrons. The number of aromatic nitrogens is 3. The second-order valence-corrected chi connectivity index (χ2v) is 7.39. The number of aryl methyl sites for hydroxylation is 1. The van der Waals surface area contributed by atoms with Crippen molar-refractivity contribution < 1.29 is 4.79 Å². The normalized spacial score (nSPS) is 10.8. The number of nitrogens with one attached hydrogen (secondary N) is 1. The number of carbonyl (C=O) groups excluding carboxylic acids is 1. The summed E-state index contributed by atoms with van der Waals surface area (Å²) in [4.78, 5) is 13.3. The van der Waals surface area contributed by atoms with Gasteiger partial charge in [-0.3, -0.25) is 4.79 Å². The van der Waals surface area contributed by atoms with Crippen LogP contribution in [0.4, 0.5) is 5.69 Å². The zero-order valence-corrected chi connectivity index (χ0v) is 15.2. The van der Waals surface area contributed by atoms with Gasteiger partial charge in [0.2, 0.25) is 5.91 Å². The molecule has 0 radical (unpaired) electrons. The maximum Gasteiger partial charge on any atom is 0.234 e. The molecule has 0 saturated carbocycles. The van der Waals surface area contributed by atoms with Crippen LogP contribution in [0.3, 0.4) is 0 Å². The minimum Gasteiger partial charge on any atom is -0.325 e. The number of amides is 1. The van der Waals surface area contributed by atoms with Crippen molar-refractivity contribution in [1.82, 2.24) is 14.8 Å². The molecule has 5 nitrogen and oxygen atoms in total. The van der Waals surface area contributed by atoms with Gasteiger partial charge in [0.05, 0.1) is 5.75 Å². The third kappa shape index (κ3) is 4.24. The van der Waals surface area contributed by atoms with Crippen LogP contribution in [-0.2, 0) is 18.3 Å². The molecule has 0 aliphatic carbocycles. The van der Waals surface area contributed by atoms with Crippen molar-refractivity contribution in [1.29, 1.82) is 0 Å². The maximum absolute atomic E-state index is 12.1. The Morgan fingerprint density at radius 3 is 2.75 bits per heavy atom. The molecule has 0 atom stereocenters. The predicted octanol–water partition coefficient (Wildman–Crippen LogP) is 3.51. The van der Waals surface area contributed by atoms with E-state index in [1.807, 2.05) is 48.9 Å². The predicted molar refractivity (Wildman–Crippen MR) is 98.7 cm³/mol. The molecule has 0 bridgehead atoms. The Balaban J connectivity index is 1.55. The molecule has 1 N–H and O–H groups in total. The molecular formula is C17H18N4OS2. The van der Waals surface area contributed by atoms with E-state index in [1.54, 1.807) is 11.3 Å². The van der Waals surface area contributed by atoms with Gasteiger partial charge in [-0.15, -0.1) is 21.5 Å². The van der Waals surface area contributed by atoms with Crippen molar-refractivity contribution in [3.8, 4) is 0 Å². The highest BCUT2D eigenvalue weighted by Gasteiger charge is 2.12. The molecule has 0 aliphatic heterocycles. The van der Waals surface area contributed by atoms with Crippen LogP contribution in [0.5, 0.6) is 0 Å². The lowest BCUT2D eigenvalue weighted by atomic mass is 10.2. The average molecular weight is 358 g/mol. The van der Waals surface area contributed by atoms with Gasteiger partial charge in [0, 0.05) is 24.0 Å². The van der Waals surface area contributed by atoms with Crippen LogP contribution >= 0.6 is 23.1 Å². The van der Waals surface area contributed by atoms with Crippen molar-refractivity contribution in [3.05, 3.63) is 58.0 Å². The third-order valence-electron chi connectivity index (χ3n) is 3.51. The number of hydrogen-bond donors (Lipinski definition) is 1. The standard InChI is InChI=1S/C17H18N4OS2/c1-12-5-7-13(8-6-12)18-16(22)11-24-17-20-19-15(21(17)2)10-14-4-3-9-23-14/h3-9H,10-11H2,1-2H3,(H,18,22). The lowest BCUT2D eigenvalue weighted by molar-refractivity contribution is -0.113. The van der Waals surface area contributed by atoms with Crippen LogP contribution in [0.15, 0.2) is 46.9 Å². The molecular weight excluding hydrogens is 340 g/mol. The topological polar surface area (TPSA) is 59.8 Å². The molecule has 3 aromatic rings. The summed E-state index contributed by atoms with van der Waals surface area (Å²) in [6, 6.07) is 11.9. The molecule has 24 heavy (non-hydrogen) atoms. The fourth-order valence-corrected chi connectivity index (χ4v) is 3.59. The van der Waals surface area contributed by atoms with Crippen molar-refractivity contribution in [2.24, 2.45) is 7.05 Å². The van der Waals surface area contributed by atoms with E-state index in [2.05, 4.69) is 27.0 Å². The van der Waals surface area contributed by atoms with Crippen LogP contribution in [-0.4, -0.2) is 26.4 Å². The summed E-state index contributed by atoms with van der Waals surface area (Å²) in [5.41, 5.74) is 1.97. The Hall–Kier alpha value is -2.12. The number of nitrogens with zero attached hydrogens (tertiary/aromatic N) is 3. The van der Waals surface area contributed by atoms with Gasteiger partial charge in [-0.2, -0.15) is 0 Å². The van der Waals surface area contributed by atoms with Gasteiger partial charge in [-0.05, 0) is 30.5 Å². The number of benzene rings is 1. The summed E-state index contributed by atoms with van der Waals surface area (Å²) in [6.45, 7) is 2.02. The first-order valence-electron chi connectivity index (χ1n) is 7.52. The Kier molecular flexibility index (Phi) is 5.32. The highest BCUT2D eigenvalue weighted by molar-refractivity contribution is 7.99. The van der Waals surface area contributed by atoms with Gasteiger partial charge >= 0.3 is 0 Å². The summed E-state index contributed by atoms with van der Waals surface area (Å²) >= 11 is 3.10. The van der Waals surface area contributed by atoms with Crippen molar-refractivity contribution in [2.45, 2.75) is 18.5 Å². The van der Waals surface area contributed by atoms with Crippen molar-refractivity contribution in [3.63, 3.8) is 0 Å². The molecule has 2 heterocycles. The molecule has 0 saturated heterocycles. The number of anilines is 1. The fraction of sp³-hybridized carbons (Fsp3) is 0.235. The third-order valence-corrected chi connectivity index (χ3v) is 5.40. The van der Waals surface area contributed by atoms with Crippen LogP contribution < -0.4 is 5.32 Å². The zero-order valence-electron chi connectivity index (χ0n) is 13.5. The molecule has 0 aliphatic rings. The number of thioether (sulfide) groups is 1. The number of carbonyl (C=O) groups is 1. The van der Waals surface area contributed by atoms with Gasteiger partial charge in [0.15, 0.2) is 5.16 Å². The van der Waals surface area contributed by atoms with E-state index in [4.69, 9.17) is 0 Å². The maximum atomic E-state index is 12.1. The second kappa shape index (κ2) is 7.63. The van der Waals surface area contributed by atoms with Crippen LogP contribution in [0.25, 0.3) is 0 Å². The number of thiophene rings is 1. The van der Waals surface area contributed by atoms with E-state index in [-0.39, 0.29) is 5.91 Å². The first-order chi connectivity index (χ1) is 11.6. The monoisotopic (exact) mass is 358 g/mol. The van der Waals surface area contributed by atoms with Crippen LogP contribution in [0.1, 0.15) is 16.3 Å². The molecule has 0 unspecified atom stereocenters. The van der Waals surface area contributed by atoms with Gasteiger partial charge in [0.25, 0.3) is 0 Å². The zero-order chi connectivity index (χ0) is 16.9. The first-order valence-corrected chi connectivity index (χ1v) is 9.38. The van der Waals surface area contributed by atoms with Crippen LogP contribution in [0.2, 0.25) is 0 Å². The molecule has 0 spiro atoms. The van der Waals surface area contributed by atoms with E-state index < -0.39 is 0 Å². The largest absolute Gasteiger partial charge is 0.325 e. The Morgan fingerprint density at radius 2 is 2.04 bits per heavy atom. The molecule has 0 fully saturated rings. The summed E-state index contributed by atoms with van der Waals surface area (Å²) in [5.74, 6) is 1.16. The summed E-state index contributed by atoms with van der Waals surface area (Å²) in [7, 11) is 1.93. The van der Waals surface area contributed by atoms with Gasteiger partial charge in [0.1, 0.15) is 5.82 Å². The first kappa shape index (κ1) is 16.7. The smallest absolute Gasteiger partial charge is 0.234 e. The number of rotatable bonds is 6. The van der Waals surface area contributed by atoms with Crippen molar-refractivity contribution >= 4 is 34.7 Å². The fourth-order valence-electron chi connectivity index (χ4n) is 2.16. The highest BCUT2D eigenvalue weighted by atomic mass is 32.2. The van der Waals surface area contributed by atoms with E-state index in [9.17, 15) is 4.79 Å². The molecule has 7 heteroatoms. The van der Waals surface area contributed by atoms with E-state index in [1.165, 1.54) is 22.2 Å². The number of hydrogen-bond acceptors (Lipinski definition) is 5. The summed E-state index contributed by atoms with van der Waals surface area (Å²) < 4.78 is 1.95. The van der Waals surface area contributed by atoms with Gasteiger partial charge in [-0.25, -0.2) is 0 Å². The summed E-state index contributed by atoms with van der Waals surface area (Å²) in [6.07, 6.45) is 0.761. The van der Waals surface area contributed by atoms with Gasteiger partial charge < -0.3 is 9.88 Å². The molecule has 1 amide bonds. The Bertz CT molecular complexity index is 810. The van der Waals surface area contributed by atoms with Crippen molar-refractivity contribution in [2.75, 3.05) is 11.1 Å². The highest BCUT2D eigenvalue weighted by Crippen LogP contribution is 2.19. The lowest BCUT2D eigenvalue weighted by Gasteiger charge is -2.06. The molecule has 1 aromatic carbocycles. The van der Waals surface area contributed by atoms with Crippen LogP contribution in [0, 0.1) is 6.92 Å². The second-order valence-electron chi connectivity index (χ2n) is 5.42. The summed E-state index contributed by atoms with van der Waals surface area (Å²) in [5, 5.41) is 14.1. The van der Waals surface area contributed by atoms with E-state index >= 15 is 0 Å². The minimum absolute atomic E-state index is 0.0494. The molecule has 3 rings (SSSR count). The Morgan fingerprint density at radius 1 is 1.25 bits per heavy atom. The minimum atomic E-state index is -0.0494. The quantitative estimate of drug-likeness (QED) is 0.685.